The summed E-state index contributed by atoms with van der Waals surface area (Å²) >= 11 is 1.37. The highest BCUT2D eigenvalue weighted by atomic mass is 32.1. The van der Waals surface area contributed by atoms with Crippen LogP contribution in [0.5, 0.6) is 0 Å². The first-order chi connectivity index (χ1) is 8.49. The molecule has 0 saturated heterocycles. The fourth-order valence-corrected chi connectivity index (χ4v) is 2.09. The molecule has 18 heavy (non-hydrogen) atoms. The molecule has 0 spiro atoms. The molecule has 0 aliphatic heterocycles. The van der Waals surface area contributed by atoms with E-state index in [1.807, 2.05) is 0 Å². The van der Waals surface area contributed by atoms with Crippen LogP contribution in [-0.4, -0.2) is 29.6 Å². The highest BCUT2D eigenvalue weighted by Gasteiger charge is 2.18. The molecule has 1 rings (SSSR count). The zero-order valence-corrected chi connectivity index (χ0v) is 10.2. The summed E-state index contributed by atoms with van der Waals surface area (Å²) in [5, 5.41) is 14.9. The summed E-state index contributed by atoms with van der Waals surface area (Å²) in [7, 11) is 0. The molecule has 1 atom stereocenters. The number of nitrogens with one attached hydrogen (secondary N) is 2. The number of carbonyl (C=O) groups is 3. The molecule has 0 aliphatic carbocycles. The maximum absolute atomic E-state index is 11.5. The van der Waals surface area contributed by atoms with Crippen LogP contribution in [0, 0.1) is 0 Å². The predicted molar refractivity (Wildman–Crippen MR) is 65.0 cm³/mol. The largest absolute Gasteiger partial charge is 0.480 e. The number of primary amides is 1. The minimum absolute atomic E-state index is 0.0588. The third-order valence-electron chi connectivity index (χ3n) is 2.03. The minimum Gasteiger partial charge on any atom is -0.480 e. The Balaban J connectivity index is 2.59. The number of carbonyl (C=O) groups excluding carboxylic acids is 2. The predicted octanol–water partition coefficient (Wildman–Crippen LogP) is 0.0484. The SMILES string of the molecule is NC(=O)NC(CC(=O)NCC(=O)O)c1cccs1. The van der Waals surface area contributed by atoms with Crippen LogP contribution in [0.25, 0.3) is 0 Å². The molecule has 7 nitrogen and oxygen atoms in total. The molecule has 1 unspecified atom stereocenters. The second kappa shape index (κ2) is 6.60. The van der Waals surface area contributed by atoms with Crippen LogP contribution in [0.3, 0.4) is 0 Å². The van der Waals surface area contributed by atoms with Crippen LogP contribution in [0.2, 0.25) is 0 Å². The van der Waals surface area contributed by atoms with Crippen LogP contribution in [-0.2, 0) is 9.59 Å². The highest BCUT2D eigenvalue weighted by molar-refractivity contribution is 7.10. The lowest BCUT2D eigenvalue weighted by molar-refractivity contribution is -0.138. The van der Waals surface area contributed by atoms with E-state index in [2.05, 4.69) is 10.6 Å². The number of aliphatic carboxylic acids is 1. The number of urea groups is 1. The first-order valence-corrected chi connectivity index (χ1v) is 5.95. The zero-order chi connectivity index (χ0) is 13.5. The second-order valence-corrected chi connectivity index (χ2v) is 4.43. The molecular weight excluding hydrogens is 258 g/mol. The number of carboxylic acids is 1. The molecule has 5 N–H and O–H groups in total. The summed E-state index contributed by atoms with van der Waals surface area (Å²) in [5.41, 5.74) is 5.03. The van der Waals surface area contributed by atoms with Crippen molar-refractivity contribution in [3.05, 3.63) is 22.4 Å². The van der Waals surface area contributed by atoms with E-state index in [4.69, 9.17) is 10.8 Å². The Morgan fingerprint density at radius 3 is 2.67 bits per heavy atom. The summed E-state index contributed by atoms with van der Waals surface area (Å²) in [6.45, 7) is -0.452. The van der Waals surface area contributed by atoms with Gasteiger partial charge in [0.25, 0.3) is 0 Å². The third-order valence-corrected chi connectivity index (χ3v) is 3.02. The summed E-state index contributed by atoms with van der Waals surface area (Å²) < 4.78 is 0. The summed E-state index contributed by atoms with van der Waals surface area (Å²) in [6, 6.07) is 2.26. The topological polar surface area (TPSA) is 122 Å². The van der Waals surface area contributed by atoms with Crippen LogP contribution >= 0.6 is 11.3 Å². The standard InChI is InChI=1S/C10H13N3O4S/c11-10(17)13-6(7-2-1-3-18-7)4-8(14)12-5-9(15)16/h1-3,6H,4-5H2,(H,12,14)(H,15,16)(H3,11,13,17). The van der Waals surface area contributed by atoms with Crippen LogP contribution in [0.15, 0.2) is 17.5 Å². The number of thiophene rings is 1. The molecule has 0 fully saturated rings. The van der Waals surface area contributed by atoms with Gasteiger partial charge in [0.05, 0.1) is 12.5 Å². The van der Waals surface area contributed by atoms with Crippen molar-refractivity contribution in [1.29, 1.82) is 0 Å². The molecule has 1 heterocycles. The van der Waals surface area contributed by atoms with Crippen molar-refractivity contribution in [2.45, 2.75) is 12.5 Å². The average Bonchev–Trinajstić information content (AvgIpc) is 2.78. The van der Waals surface area contributed by atoms with Gasteiger partial charge < -0.3 is 21.5 Å². The first-order valence-electron chi connectivity index (χ1n) is 5.07. The zero-order valence-electron chi connectivity index (χ0n) is 9.38. The number of rotatable bonds is 6. The Hall–Kier alpha value is -2.09. The quantitative estimate of drug-likeness (QED) is 0.584. The van der Waals surface area contributed by atoms with E-state index in [1.165, 1.54) is 11.3 Å². The minimum atomic E-state index is -1.13. The number of carboxylic acid groups (broad SMARTS) is 1. The van der Waals surface area contributed by atoms with Crippen LogP contribution < -0.4 is 16.4 Å². The Labute approximate surface area is 107 Å². The van der Waals surface area contributed by atoms with Crippen molar-refractivity contribution in [2.24, 2.45) is 5.73 Å². The molecule has 8 heteroatoms. The summed E-state index contributed by atoms with van der Waals surface area (Å²) in [5.74, 6) is -1.59. The van der Waals surface area contributed by atoms with E-state index in [0.29, 0.717) is 0 Å². The lowest BCUT2D eigenvalue weighted by Crippen LogP contribution is -2.37. The van der Waals surface area contributed by atoms with Crippen molar-refractivity contribution in [1.82, 2.24) is 10.6 Å². The molecule has 0 aromatic carbocycles. The van der Waals surface area contributed by atoms with Gasteiger partial charge in [0.1, 0.15) is 6.54 Å². The second-order valence-electron chi connectivity index (χ2n) is 3.45. The third kappa shape index (κ3) is 4.83. The van der Waals surface area contributed by atoms with E-state index in [-0.39, 0.29) is 6.42 Å². The summed E-state index contributed by atoms with van der Waals surface area (Å²) in [4.78, 5) is 33.4. The van der Waals surface area contributed by atoms with Crippen LogP contribution in [0.4, 0.5) is 4.79 Å². The van der Waals surface area contributed by atoms with E-state index >= 15 is 0 Å². The van der Waals surface area contributed by atoms with Gasteiger partial charge in [0.2, 0.25) is 5.91 Å². The normalized spacial score (nSPS) is 11.6. The molecule has 98 valence electrons. The molecular formula is C10H13N3O4S. The van der Waals surface area contributed by atoms with Gasteiger partial charge in [-0.3, -0.25) is 9.59 Å². The first kappa shape index (κ1) is 14.0. The van der Waals surface area contributed by atoms with E-state index in [0.717, 1.165) is 4.88 Å². The summed E-state index contributed by atoms with van der Waals surface area (Å²) in [6.07, 6.45) is -0.0588. The number of hydrogen-bond donors (Lipinski definition) is 4. The van der Waals surface area contributed by atoms with Gasteiger partial charge in [0, 0.05) is 4.88 Å². The van der Waals surface area contributed by atoms with Crippen molar-refractivity contribution < 1.29 is 19.5 Å². The number of amides is 3. The van der Waals surface area contributed by atoms with Crippen molar-refractivity contribution in [2.75, 3.05) is 6.54 Å². The van der Waals surface area contributed by atoms with Gasteiger partial charge >= 0.3 is 12.0 Å². The van der Waals surface area contributed by atoms with Gasteiger partial charge in [-0.05, 0) is 11.4 Å². The lowest BCUT2D eigenvalue weighted by Gasteiger charge is -2.15. The Bertz CT molecular complexity index is 432. The Kier molecular flexibility index (Phi) is 5.12. The fraction of sp³-hybridized carbons (Fsp3) is 0.300. The Morgan fingerprint density at radius 1 is 1.44 bits per heavy atom. The van der Waals surface area contributed by atoms with Crippen molar-refractivity contribution in [3.63, 3.8) is 0 Å². The molecule has 0 saturated carbocycles. The molecule has 0 bridgehead atoms. The maximum Gasteiger partial charge on any atom is 0.322 e. The van der Waals surface area contributed by atoms with Crippen molar-refractivity contribution >= 4 is 29.2 Å². The van der Waals surface area contributed by atoms with Gasteiger partial charge in [-0.1, -0.05) is 6.07 Å². The average molecular weight is 271 g/mol. The molecule has 3 amide bonds. The van der Waals surface area contributed by atoms with E-state index in [9.17, 15) is 14.4 Å². The van der Waals surface area contributed by atoms with Gasteiger partial charge in [-0.15, -0.1) is 11.3 Å². The number of nitrogens with two attached hydrogens (primary N) is 1. The monoisotopic (exact) mass is 271 g/mol. The lowest BCUT2D eigenvalue weighted by atomic mass is 10.1. The fourth-order valence-electron chi connectivity index (χ4n) is 1.32. The van der Waals surface area contributed by atoms with Gasteiger partial charge in [-0.2, -0.15) is 0 Å². The van der Waals surface area contributed by atoms with Gasteiger partial charge in [-0.25, -0.2) is 4.79 Å². The molecule has 1 aromatic rings. The maximum atomic E-state index is 11.5. The van der Waals surface area contributed by atoms with Crippen molar-refractivity contribution in [3.8, 4) is 0 Å². The Morgan fingerprint density at radius 2 is 2.17 bits per heavy atom. The van der Waals surface area contributed by atoms with Gasteiger partial charge in [0.15, 0.2) is 0 Å². The number of hydrogen-bond acceptors (Lipinski definition) is 4. The molecule has 0 radical (unpaired) electrons. The molecule has 1 aromatic heterocycles. The van der Waals surface area contributed by atoms with Crippen LogP contribution in [0.1, 0.15) is 17.3 Å². The van der Waals surface area contributed by atoms with E-state index < -0.39 is 30.5 Å². The van der Waals surface area contributed by atoms with E-state index in [1.54, 1.807) is 17.5 Å². The smallest absolute Gasteiger partial charge is 0.322 e. The molecule has 0 aliphatic rings. The highest BCUT2D eigenvalue weighted by Crippen LogP contribution is 2.21.